The number of hydrogen-bond donors (Lipinski definition) is 0. The van der Waals surface area contributed by atoms with Gasteiger partial charge in [0.15, 0.2) is 0 Å². The highest BCUT2D eigenvalue weighted by atomic mass is 79.9. The highest BCUT2D eigenvalue weighted by Gasteiger charge is 2.36. The summed E-state index contributed by atoms with van der Waals surface area (Å²) < 4.78 is 6.69. The van der Waals surface area contributed by atoms with Crippen LogP contribution in [-0.2, 0) is 9.53 Å². The van der Waals surface area contributed by atoms with Crippen LogP contribution in [-0.4, -0.2) is 36.0 Å². The molecule has 1 aliphatic heterocycles. The fourth-order valence-electron chi connectivity index (χ4n) is 2.13. The van der Waals surface area contributed by atoms with Crippen LogP contribution in [0.25, 0.3) is 0 Å². The number of amides is 1. The van der Waals surface area contributed by atoms with E-state index in [0.717, 1.165) is 14.0 Å². The quantitative estimate of drug-likeness (QED) is 0.717. The van der Waals surface area contributed by atoms with Crippen molar-refractivity contribution in [2.24, 2.45) is 0 Å². The van der Waals surface area contributed by atoms with E-state index >= 15 is 0 Å². The molecule has 19 heavy (non-hydrogen) atoms. The molecule has 0 spiro atoms. The van der Waals surface area contributed by atoms with Crippen LogP contribution < -0.4 is 0 Å². The second kappa shape index (κ2) is 6.37. The fourth-order valence-corrected chi connectivity index (χ4v) is 4.91. The molecule has 0 bridgehead atoms. The molecule has 0 saturated carbocycles. The van der Waals surface area contributed by atoms with Gasteiger partial charge in [0.2, 0.25) is 0 Å². The van der Waals surface area contributed by atoms with Crippen molar-refractivity contribution < 1.29 is 14.3 Å². The molecular formula is C12H13Br2NO3S. The van der Waals surface area contributed by atoms with Crippen molar-refractivity contribution in [2.75, 3.05) is 13.2 Å². The molecule has 0 radical (unpaired) electrons. The van der Waals surface area contributed by atoms with Gasteiger partial charge in [-0.1, -0.05) is 0 Å². The second-order valence-corrected chi connectivity index (χ2v) is 7.90. The Morgan fingerprint density at radius 1 is 1.53 bits per heavy atom. The van der Waals surface area contributed by atoms with Gasteiger partial charge >= 0.3 is 5.97 Å². The Morgan fingerprint density at radius 2 is 2.26 bits per heavy atom. The maximum atomic E-state index is 12.5. The molecule has 104 valence electrons. The lowest BCUT2D eigenvalue weighted by atomic mass is 10.2. The number of hydrogen-bond acceptors (Lipinski definition) is 4. The molecule has 1 atom stereocenters. The number of rotatable bonds is 3. The molecule has 1 saturated heterocycles. The summed E-state index contributed by atoms with van der Waals surface area (Å²) in [6.45, 7) is 2.71. The highest BCUT2D eigenvalue weighted by Crippen LogP contribution is 2.34. The van der Waals surface area contributed by atoms with Crippen molar-refractivity contribution in [2.45, 2.75) is 25.8 Å². The average Bonchev–Trinajstić information content (AvgIpc) is 2.95. The Labute approximate surface area is 132 Å². The summed E-state index contributed by atoms with van der Waals surface area (Å²) in [5.41, 5.74) is 0.591. The molecule has 1 fully saturated rings. The molecule has 1 aliphatic rings. The monoisotopic (exact) mass is 409 g/mol. The molecule has 0 N–H and O–H groups in total. The molecule has 2 rings (SSSR count). The molecule has 0 aliphatic carbocycles. The minimum atomic E-state index is -0.446. The molecular weight excluding hydrogens is 398 g/mol. The first-order valence-electron chi connectivity index (χ1n) is 5.97. The van der Waals surface area contributed by atoms with E-state index in [1.807, 2.05) is 0 Å². The number of halogens is 2. The lowest BCUT2D eigenvalue weighted by molar-refractivity contribution is -0.147. The standard InChI is InChI=1S/C12H13Br2NO3S/c1-2-18-12(17)8-4-3-5-15(8)11(16)7-6-9(13)19-10(7)14/h6,8H,2-5H2,1H3. The van der Waals surface area contributed by atoms with E-state index in [4.69, 9.17) is 4.74 Å². The van der Waals surface area contributed by atoms with Gasteiger partial charge in [-0.2, -0.15) is 0 Å². The zero-order valence-corrected chi connectivity index (χ0v) is 14.3. The van der Waals surface area contributed by atoms with Crippen LogP contribution in [0.2, 0.25) is 0 Å². The predicted molar refractivity (Wildman–Crippen MR) is 80.4 cm³/mol. The number of likely N-dealkylation sites (tertiary alicyclic amines) is 1. The van der Waals surface area contributed by atoms with Crippen molar-refractivity contribution in [1.82, 2.24) is 4.90 Å². The van der Waals surface area contributed by atoms with Crippen LogP contribution >= 0.6 is 43.2 Å². The minimum absolute atomic E-state index is 0.121. The second-order valence-electron chi connectivity index (χ2n) is 4.15. The Morgan fingerprint density at radius 3 is 2.84 bits per heavy atom. The van der Waals surface area contributed by atoms with E-state index in [0.29, 0.717) is 25.1 Å². The van der Waals surface area contributed by atoms with Gasteiger partial charge in [0, 0.05) is 6.54 Å². The summed E-state index contributed by atoms with van der Waals surface area (Å²) >= 11 is 8.18. The van der Waals surface area contributed by atoms with Gasteiger partial charge in [0.1, 0.15) is 6.04 Å². The fraction of sp³-hybridized carbons (Fsp3) is 0.500. The lowest BCUT2D eigenvalue weighted by Gasteiger charge is -2.22. The third-order valence-corrected chi connectivity index (χ3v) is 5.30. The van der Waals surface area contributed by atoms with Crippen LogP contribution in [0.3, 0.4) is 0 Å². The minimum Gasteiger partial charge on any atom is -0.464 e. The summed E-state index contributed by atoms with van der Waals surface area (Å²) in [5, 5.41) is 0. The van der Waals surface area contributed by atoms with E-state index < -0.39 is 6.04 Å². The molecule has 1 amide bonds. The molecule has 7 heteroatoms. The summed E-state index contributed by atoms with van der Waals surface area (Å²) in [6, 6.07) is 1.33. The molecule has 1 aromatic heterocycles. The topological polar surface area (TPSA) is 46.6 Å². The van der Waals surface area contributed by atoms with Crippen LogP contribution in [0.4, 0.5) is 0 Å². The van der Waals surface area contributed by atoms with Gasteiger partial charge in [-0.05, 0) is 57.7 Å². The summed E-state index contributed by atoms with van der Waals surface area (Å²) in [4.78, 5) is 25.9. The Kier molecular flexibility index (Phi) is 5.03. The summed E-state index contributed by atoms with van der Waals surface area (Å²) in [6.07, 6.45) is 1.51. The van der Waals surface area contributed by atoms with Crippen molar-refractivity contribution in [3.05, 3.63) is 19.2 Å². The smallest absolute Gasteiger partial charge is 0.328 e. The zero-order chi connectivity index (χ0) is 14.0. The van der Waals surface area contributed by atoms with Crippen LogP contribution in [0, 0.1) is 0 Å². The van der Waals surface area contributed by atoms with Crippen molar-refractivity contribution >= 4 is 55.1 Å². The van der Waals surface area contributed by atoms with Gasteiger partial charge in [-0.3, -0.25) is 4.79 Å². The first-order chi connectivity index (χ1) is 9.04. The van der Waals surface area contributed by atoms with Gasteiger partial charge in [-0.15, -0.1) is 11.3 Å². The van der Waals surface area contributed by atoms with Gasteiger partial charge in [0.05, 0.1) is 19.7 Å². The third-order valence-electron chi connectivity index (χ3n) is 2.96. The summed E-state index contributed by atoms with van der Waals surface area (Å²) in [7, 11) is 0. The predicted octanol–water partition coefficient (Wildman–Crippen LogP) is 3.44. The number of nitrogens with zero attached hydrogens (tertiary/aromatic N) is 1. The van der Waals surface area contributed by atoms with Crippen molar-refractivity contribution in [3.63, 3.8) is 0 Å². The van der Waals surface area contributed by atoms with Crippen LogP contribution in [0.5, 0.6) is 0 Å². The van der Waals surface area contributed by atoms with Crippen LogP contribution in [0.15, 0.2) is 13.6 Å². The van der Waals surface area contributed by atoms with E-state index in [1.165, 1.54) is 11.3 Å². The average molecular weight is 411 g/mol. The van der Waals surface area contributed by atoms with Crippen molar-refractivity contribution in [3.8, 4) is 0 Å². The van der Waals surface area contributed by atoms with E-state index in [1.54, 1.807) is 17.9 Å². The molecule has 1 aromatic rings. The first kappa shape index (κ1) is 15.0. The number of thiophene rings is 1. The third kappa shape index (κ3) is 3.20. The Balaban J connectivity index is 2.18. The van der Waals surface area contributed by atoms with E-state index in [9.17, 15) is 9.59 Å². The largest absolute Gasteiger partial charge is 0.464 e. The molecule has 2 heterocycles. The zero-order valence-electron chi connectivity index (χ0n) is 10.3. The SMILES string of the molecule is CCOC(=O)C1CCCN1C(=O)c1cc(Br)sc1Br. The molecule has 4 nitrogen and oxygen atoms in total. The van der Waals surface area contributed by atoms with Gasteiger partial charge in [0.25, 0.3) is 5.91 Å². The number of carbonyl (C=O) groups is 2. The van der Waals surface area contributed by atoms with E-state index in [-0.39, 0.29) is 11.9 Å². The maximum absolute atomic E-state index is 12.5. The van der Waals surface area contributed by atoms with Crippen LogP contribution in [0.1, 0.15) is 30.1 Å². The van der Waals surface area contributed by atoms with Gasteiger partial charge in [-0.25, -0.2) is 4.79 Å². The molecule has 0 aromatic carbocycles. The lowest BCUT2D eigenvalue weighted by Crippen LogP contribution is -2.41. The highest BCUT2D eigenvalue weighted by molar-refractivity contribution is 9.12. The number of esters is 1. The first-order valence-corrected chi connectivity index (χ1v) is 8.37. The van der Waals surface area contributed by atoms with E-state index in [2.05, 4.69) is 31.9 Å². The van der Waals surface area contributed by atoms with Crippen molar-refractivity contribution in [1.29, 1.82) is 0 Å². The Bertz CT molecular complexity index is 503. The summed E-state index contributed by atoms with van der Waals surface area (Å²) in [5.74, 6) is -0.428. The normalized spacial score (nSPS) is 18.7. The number of carbonyl (C=O) groups excluding carboxylic acids is 2. The maximum Gasteiger partial charge on any atom is 0.328 e. The number of ether oxygens (including phenoxy) is 1. The van der Waals surface area contributed by atoms with Gasteiger partial charge < -0.3 is 9.64 Å². The Hall–Kier alpha value is -0.400. The molecule has 1 unspecified atom stereocenters.